The van der Waals surface area contributed by atoms with E-state index in [1.165, 1.54) is 6.07 Å². The Morgan fingerprint density at radius 3 is 2.89 bits per heavy atom. The van der Waals surface area contributed by atoms with Crippen molar-refractivity contribution in [1.82, 2.24) is 15.5 Å². The molecule has 1 aromatic heterocycles. The molecule has 0 radical (unpaired) electrons. The van der Waals surface area contributed by atoms with Gasteiger partial charge >= 0.3 is 0 Å². The Balaban J connectivity index is 2.02. The highest BCUT2D eigenvalue weighted by molar-refractivity contribution is 9.10. The molecule has 94 valence electrons. The lowest BCUT2D eigenvalue weighted by molar-refractivity contribution is 0.623. The van der Waals surface area contributed by atoms with Gasteiger partial charge in [-0.15, -0.1) is 0 Å². The van der Waals surface area contributed by atoms with Gasteiger partial charge in [0.25, 0.3) is 0 Å². The number of aromatic nitrogens is 2. The summed E-state index contributed by atoms with van der Waals surface area (Å²) < 4.78 is 14.6. The molecule has 1 unspecified atom stereocenters. The number of hydrogen-bond donors (Lipinski definition) is 2. The van der Waals surface area contributed by atoms with Gasteiger partial charge < -0.3 is 5.32 Å². The third-order valence-corrected chi connectivity index (χ3v) is 4.07. The summed E-state index contributed by atoms with van der Waals surface area (Å²) >= 11 is 3.53. The average Bonchev–Trinajstić information content (AvgIpc) is 2.99. The molecule has 0 amide bonds. The van der Waals surface area contributed by atoms with Crippen molar-refractivity contribution >= 4 is 15.9 Å². The highest BCUT2D eigenvalue weighted by atomic mass is 79.9. The van der Waals surface area contributed by atoms with Crippen LogP contribution in [0.15, 0.2) is 28.7 Å². The molecule has 0 spiro atoms. The summed E-state index contributed by atoms with van der Waals surface area (Å²) in [7, 11) is 0. The van der Waals surface area contributed by atoms with E-state index in [9.17, 15) is 4.39 Å². The fourth-order valence-electron chi connectivity index (χ4n) is 2.34. The molecule has 1 saturated heterocycles. The Hall–Kier alpha value is -1.20. The number of rotatable bonds is 2. The third kappa shape index (κ3) is 1.97. The van der Waals surface area contributed by atoms with Gasteiger partial charge in [-0.25, -0.2) is 4.39 Å². The van der Waals surface area contributed by atoms with Crippen molar-refractivity contribution in [3.05, 3.63) is 40.2 Å². The van der Waals surface area contributed by atoms with Crippen molar-refractivity contribution in [2.75, 3.05) is 6.54 Å². The van der Waals surface area contributed by atoms with Crippen molar-refractivity contribution < 1.29 is 4.39 Å². The molecule has 2 N–H and O–H groups in total. The predicted molar refractivity (Wildman–Crippen MR) is 71.7 cm³/mol. The van der Waals surface area contributed by atoms with Crippen molar-refractivity contribution in [1.29, 1.82) is 0 Å². The van der Waals surface area contributed by atoms with Gasteiger partial charge in [0.15, 0.2) is 0 Å². The summed E-state index contributed by atoms with van der Waals surface area (Å²) in [4.78, 5) is 0. The minimum atomic E-state index is -0.254. The van der Waals surface area contributed by atoms with E-state index >= 15 is 0 Å². The van der Waals surface area contributed by atoms with E-state index in [-0.39, 0.29) is 11.9 Å². The maximum Gasteiger partial charge on any atom is 0.132 e. The van der Waals surface area contributed by atoms with Gasteiger partial charge in [0.2, 0.25) is 0 Å². The van der Waals surface area contributed by atoms with E-state index in [0.717, 1.165) is 29.6 Å². The highest BCUT2D eigenvalue weighted by Crippen LogP contribution is 2.35. The molecule has 5 heteroatoms. The molecule has 1 aliphatic rings. The molecular weight excluding hydrogens is 297 g/mol. The van der Waals surface area contributed by atoms with Gasteiger partial charge in [-0.05, 0) is 47.4 Å². The maximum atomic E-state index is 13.8. The number of benzene rings is 1. The van der Waals surface area contributed by atoms with Gasteiger partial charge in [-0.1, -0.05) is 12.1 Å². The van der Waals surface area contributed by atoms with Gasteiger partial charge in [0.1, 0.15) is 11.5 Å². The normalized spacial score (nSPS) is 19.3. The van der Waals surface area contributed by atoms with E-state index in [2.05, 4.69) is 31.4 Å². The summed E-state index contributed by atoms with van der Waals surface area (Å²) in [6, 6.07) is 6.96. The van der Waals surface area contributed by atoms with Crippen molar-refractivity contribution in [3.8, 4) is 11.3 Å². The lowest BCUT2D eigenvalue weighted by atomic mass is 10.1. The van der Waals surface area contributed by atoms with Gasteiger partial charge in [-0.2, -0.15) is 5.10 Å². The SMILES string of the molecule is Fc1ccccc1-c1n[nH]c(C2CCCN2)c1Br. The van der Waals surface area contributed by atoms with E-state index < -0.39 is 0 Å². The Kier molecular flexibility index (Phi) is 3.18. The minimum Gasteiger partial charge on any atom is -0.309 e. The number of aromatic amines is 1. The molecule has 0 aliphatic carbocycles. The van der Waals surface area contributed by atoms with Crippen LogP contribution in [0.1, 0.15) is 24.6 Å². The Labute approximate surface area is 113 Å². The first kappa shape index (κ1) is 11.9. The zero-order chi connectivity index (χ0) is 12.5. The number of halogens is 2. The maximum absolute atomic E-state index is 13.8. The standard InChI is InChI=1S/C13H13BrFN3/c14-11-12(8-4-1-2-5-9(8)15)17-18-13(11)10-6-3-7-16-10/h1-2,4-5,10,16H,3,6-7H2,(H,17,18). The average molecular weight is 310 g/mol. The van der Waals surface area contributed by atoms with Crippen LogP contribution in [0.2, 0.25) is 0 Å². The molecule has 3 rings (SSSR count). The van der Waals surface area contributed by atoms with Crippen LogP contribution in [0.25, 0.3) is 11.3 Å². The molecule has 1 aliphatic heterocycles. The molecule has 1 aromatic carbocycles. The Bertz CT molecular complexity index is 561. The quantitative estimate of drug-likeness (QED) is 0.892. The number of H-pyrrole nitrogens is 1. The number of nitrogens with zero attached hydrogens (tertiary/aromatic N) is 1. The molecule has 18 heavy (non-hydrogen) atoms. The molecular formula is C13H13BrFN3. The molecule has 1 fully saturated rings. The molecule has 0 saturated carbocycles. The minimum absolute atomic E-state index is 0.254. The van der Waals surface area contributed by atoms with Gasteiger partial charge in [0.05, 0.1) is 16.2 Å². The van der Waals surface area contributed by atoms with Crippen LogP contribution in [0.4, 0.5) is 4.39 Å². The molecule has 0 bridgehead atoms. The predicted octanol–water partition coefficient (Wildman–Crippen LogP) is 3.40. The van der Waals surface area contributed by atoms with Crippen LogP contribution < -0.4 is 5.32 Å². The monoisotopic (exact) mass is 309 g/mol. The summed E-state index contributed by atoms with van der Waals surface area (Å²) in [5.41, 5.74) is 2.16. The van der Waals surface area contributed by atoms with Crippen molar-refractivity contribution in [2.24, 2.45) is 0 Å². The van der Waals surface area contributed by atoms with E-state index in [1.807, 2.05) is 6.07 Å². The first-order valence-electron chi connectivity index (χ1n) is 5.99. The second kappa shape index (κ2) is 4.82. The second-order valence-electron chi connectivity index (χ2n) is 4.43. The van der Waals surface area contributed by atoms with E-state index in [0.29, 0.717) is 11.3 Å². The summed E-state index contributed by atoms with van der Waals surface area (Å²) in [6.07, 6.45) is 2.24. The summed E-state index contributed by atoms with van der Waals surface area (Å²) in [6.45, 7) is 1.02. The van der Waals surface area contributed by atoms with E-state index in [4.69, 9.17) is 0 Å². The van der Waals surface area contributed by atoms with Crippen molar-refractivity contribution in [3.63, 3.8) is 0 Å². The molecule has 3 nitrogen and oxygen atoms in total. The first-order valence-corrected chi connectivity index (χ1v) is 6.78. The molecule has 1 atom stereocenters. The van der Waals surface area contributed by atoms with Crippen LogP contribution in [0.5, 0.6) is 0 Å². The lowest BCUT2D eigenvalue weighted by Crippen LogP contribution is -2.13. The summed E-state index contributed by atoms with van der Waals surface area (Å²) in [5, 5.41) is 10.7. The van der Waals surface area contributed by atoms with Crippen LogP contribution in [-0.4, -0.2) is 16.7 Å². The molecule has 2 heterocycles. The summed E-state index contributed by atoms with van der Waals surface area (Å²) in [5.74, 6) is -0.254. The highest BCUT2D eigenvalue weighted by Gasteiger charge is 2.23. The smallest absolute Gasteiger partial charge is 0.132 e. The lowest BCUT2D eigenvalue weighted by Gasteiger charge is -2.07. The molecule has 2 aromatic rings. The van der Waals surface area contributed by atoms with Crippen LogP contribution in [0.3, 0.4) is 0 Å². The fraction of sp³-hybridized carbons (Fsp3) is 0.308. The van der Waals surface area contributed by atoms with Crippen molar-refractivity contribution in [2.45, 2.75) is 18.9 Å². The largest absolute Gasteiger partial charge is 0.309 e. The zero-order valence-electron chi connectivity index (χ0n) is 9.71. The van der Waals surface area contributed by atoms with Gasteiger partial charge in [0, 0.05) is 5.56 Å². The number of nitrogens with one attached hydrogen (secondary N) is 2. The second-order valence-corrected chi connectivity index (χ2v) is 5.22. The van der Waals surface area contributed by atoms with Gasteiger partial charge in [-0.3, -0.25) is 5.10 Å². The topological polar surface area (TPSA) is 40.7 Å². The van der Waals surface area contributed by atoms with Crippen LogP contribution in [-0.2, 0) is 0 Å². The Morgan fingerprint density at radius 1 is 1.33 bits per heavy atom. The zero-order valence-corrected chi connectivity index (χ0v) is 11.3. The van der Waals surface area contributed by atoms with Crippen LogP contribution in [0, 0.1) is 5.82 Å². The third-order valence-electron chi connectivity index (χ3n) is 3.27. The van der Waals surface area contributed by atoms with Crippen LogP contribution >= 0.6 is 15.9 Å². The first-order chi connectivity index (χ1) is 8.77. The van der Waals surface area contributed by atoms with E-state index in [1.54, 1.807) is 12.1 Å². The Morgan fingerprint density at radius 2 is 2.17 bits per heavy atom. The number of hydrogen-bond acceptors (Lipinski definition) is 2. The fourth-order valence-corrected chi connectivity index (χ4v) is 3.00.